The molecule has 0 unspecified atom stereocenters. The smallest absolute Gasteiger partial charge is 0.192 e. The van der Waals surface area contributed by atoms with Crippen LogP contribution >= 0.6 is 0 Å². The maximum Gasteiger partial charge on any atom is 0.192 e. The largest absolute Gasteiger partial charge is 0.357 e. The van der Waals surface area contributed by atoms with Crippen molar-refractivity contribution in [1.82, 2.24) is 25.4 Å². The minimum Gasteiger partial charge on any atom is -0.357 e. The lowest BCUT2D eigenvalue weighted by molar-refractivity contribution is 0.597. The van der Waals surface area contributed by atoms with Gasteiger partial charge in [-0.1, -0.05) is 12.3 Å². The first kappa shape index (κ1) is 16.3. The minimum absolute atomic E-state index is 0.490. The van der Waals surface area contributed by atoms with Crippen LogP contribution in [-0.2, 0) is 19.4 Å². The molecule has 0 atom stereocenters. The number of terminal acetylenes is 1. The number of fused-ring (bicyclic) bond motifs is 1. The molecule has 1 aromatic rings. The van der Waals surface area contributed by atoms with Crippen LogP contribution in [-0.4, -0.2) is 40.4 Å². The Morgan fingerprint density at radius 2 is 2.23 bits per heavy atom. The highest BCUT2D eigenvalue weighted by atomic mass is 15.3. The summed E-state index contributed by atoms with van der Waals surface area (Å²) < 4.78 is 2.30. The summed E-state index contributed by atoms with van der Waals surface area (Å²) in [5.74, 6) is 5.59. The molecule has 0 saturated carbocycles. The molecule has 6 nitrogen and oxygen atoms in total. The van der Waals surface area contributed by atoms with Crippen molar-refractivity contribution in [3.05, 3.63) is 11.6 Å². The maximum atomic E-state index is 5.26. The zero-order valence-corrected chi connectivity index (χ0v) is 13.4. The van der Waals surface area contributed by atoms with Crippen LogP contribution in [0.4, 0.5) is 0 Å². The monoisotopic (exact) mass is 302 g/mol. The van der Waals surface area contributed by atoms with E-state index < -0.39 is 0 Å². The van der Waals surface area contributed by atoms with Crippen LogP contribution in [0.3, 0.4) is 0 Å². The molecule has 2 heterocycles. The summed E-state index contributed by atoms with van der Waals surface area (Å²) in [6.07, 6.45) is 12.0. The van der Waals surface area contributed by atoms with E-state index in [0.717, 1.165) is 56.5 Å². The van der Waals surface area contributed by atoms with Gasteiger partial charge >= 0.3 is 0 Å². The molecule has 6 heteroatoms. The molecular formula is C16H26N6. The van der Waals surface area contributed by atoms with Gasteiger partial charge < -0.3 is 15.2 Å². The molecule has 0 fully saturated rings. The van der Waals surface area contributed by atoms with Crippen molar-refractivity contribution >= 4 is 5.96 Å². The molecule has 1 aliphatic heterocycles. The molecule has 0 saturated heterocycles. The van der Waals surface area contributed by atoms with Gasteiger partial charge in [-0.2, -0.15) is 0 Å². The summed E-state index contributed by atoms with van der Waals surface area (Å²) in [6, 6.07) is 0. The highest BCUT2D eigenvalue weighted by molar-refractivity contribution is 5.79. The van der Waals surface area contributed by atoms with Crippen molar-refractivity contribution in [3.63, 3.8) is 0 Å². The molecule has 1 aromatic heterocycles. The van der Waals surface area contributed by atoms with Gasteiger partial charge in [0.1, 0.15) is 11.6 Å². The first-order valence-electron chi connectivity index (χ1n) is 8.21. The Kier molecular flexibility index (Phi) is 6.75. The third-order valence-corrected chi connectivity index (χ3v) is 3.72. The molecule has 0 amide bonds. The van der Waals surface area contributed by atoms with Crippen molar-refractivity contribution in [3.8, 4) is 12.3 Å². The van der Waals surface area contributed by atoms with Crippen LogP contribution in [0.5, 0.6) is 0 Å². The number of hydrogen-bond donors (Lipinski definition) is 2. The number of nitrogens with one attached hydrogen (secondary N) is 2. The predicted molar refractivity (Wildman–Crippen MR) is 88.7 cm³/mol. The van der Waals surface area contributed by atoms with Crippen molar-refractivity contribution in [2.24, 2.45) is 4.99 Å². The van der Waals surface area contributed by atoms with Gasteiger partial charge in [-0.3, -0.25) is 4.99 Å². The van der Waals surface area contributed by atoms with Crippen LogP contribution in [0.25, 0.3) is 0 Å². The van der Waals surface area contributed by atoms with Crippen molar-refractivity contribution in [2.75, 3.05) is 19.6 Å². The van der Waals surface area contributed by atoms with Gasteiger partial charge in [0.15, 0.2) is 5.96 Å². The Bertz CT molecular complexity index is 525. The van der Waals surface area contributed by atoms with Gasteiger partial charge in [-0.05, 0) is 26.2 Å². The number of rotatable bonds is 6. The maximum absolute atomic E-state index is 5.26. The van der Waals surface area contributed by atoms with Crippen LogP contribution in [0, 0.1) is 12.3 Å². The average Bonchev–Trinajstić information content (AvgIpc) is 2.76. The van der Waals surface area contributed by atoms with Crippen molar-refractivity contribution in [2.45, 2.75) is 52.0 Å². The second-order valence-corrected chi connectivity index (χ2v) is 5.42. The van der Waals surface area contributed by atoms with E-state index in [0.29, 0.717) is 6.54 Å². The Morgan fingerprint density at radius 1 is 1.32 bits per heavy atom. The van der Waals surface area contributed by atoms with Gasteiger partial charge in [0, 0.05) is 32.5 Å². The zero-order chi connectivity index (χ0) is 15.6. The van der Waals surface area contributed by atoms with Crippen LogP contribution in [0.2, 0.25) is 0 Å². The Balaban J connectivity index is 1.83. The molecule has 0 bridgehead atoms. The number of aromatic nitrogens is 3. The fourth-order valence-electron chi connectivity index (χ4n) is 2.63. The lowest BCUT2D eigenvalue weighted by Gasteiger charge is -2.09. The molecule has 0 aliphatic carbocycles. The Labute approximate surface area is 132 Å². The van der Waals surface area contributed by atoms with E-state index in [2.05, 4.69) is 36.3 Å². The topological polar surface area (TPSA) is 67.1 Å². The summed E-state index contributed by atoms with van der Waals surface area (Å²) in [4.78, 5) is 4.52. The fourth-order valence-corrected chi connectivity index (χ4v) is 2.63. The van der Waals surface area contributed by atoms with E-state index in [1.807, 2.05) is 6.92 Å². The molecule has 22 heavy (non-hydrogen) atoms. The quantitative estimate of drug-likeness (QED) is 0.358. The Hall–Kier alpha value is -2.03. The van der Waals surface area contributed by atoms with E-state index in [1.165, 1.54) is 19.3 Å². The third-order valence-electron chi connectivity index (χ3n) is 3.72. The van der Waals surface area contributed by atoms with Crippen molar-refractivity contribution < 1.29 is 0 Å². The summed E-state index contributed by atoms with van der Waals surface area (Å²) in [5, 5.41) is 15.0. The molecule has 1 aliphatic rings. The second kappa shape index (κ2) is 9.08. The van der Waals surface area contributed by atoms with E-state index in [9.17, 15) is 0 Å². The summed E-state index contributed by atoms with van der Waals surface area (Å²) >= 11 is 0. The SMILES string of the molecule is C#CCNC(=NCCCc1nnc2n1CCCCC2)NCC. The van der Waals surface area contributed by atoms with Crippen molar-refractivity contribution in [1.29, 1.82) is 0 Å². The van der Waals surface area contributed by atoms with E-state index in [1.54, 1.807) is 0 Å². The van der Waals surface area contributed by atoms with Gasteiger partial charge in [-0.15, -0.1) is 16.6 Å². The minimum atomic E-state index is 0.490. The number of hydrogen-bond acceptors (Lipinski definition) is 3. The van der Waals surface area contributed by atoms with Crippen LogP contribution < -0.4 is 10.6 Å². The first-order valence-corrected chi connectivity index (χ1v) is 8.21. The molecule has 0 spiro atoms. The highest BCUT2D eigenvalue weighted by Gasteiger charge is 2.13. The van der Waals surface area contributed by atoms with Crippen LogP contribution in [0.15, 0.2) is 4.99 Å². The summed E-state index contributed by atoms with van der Waals surface area (Å²) in [5.41, 5.74) is 0. The fraction of sp³-hybridized carbons (Fsp3) is 0.688. The standard InChI is InChI=1S/C16H26N6/c1-3-11-18-16(17-4-2)19-12-8-10-15-21-20-14-9-6-5-7-13-22(14)15/h1H,4-13H2,2H3,(H2,17,18,19). The summed E-state index contributed by atoms with van der Waals surface area (Å²) in [7, 11) is 0. The predicted octanol–water partition coefficient (Wildman–Crippen LogP) is 1.13. The second-order valence-electron chi connectivity index (χ2n) is 5.42. The van der Waals surface area contributed by atoms with E-state index >= 15 is 0 Å². The average molecular weight is 302 g/mol. The molecule has 0 radical (unpaired) electrons. The van der Waals surface area contributed by atoms with Gasteiger partial charge in [0.05, 0.1) is 6.54 Å². The molecule has 120 valence electrons. The lowest BCUT2D eigenvalue weighted by Crippen LogP contribution is -2.37. The van der Waals surface area contributed by atoms with Gasteiger partial charge in [0.2, 0.25) is 0 Å². The summed E-state index contributed by atoms with van der Waals surface area (Å²) in [6.45, 7) is 5.17. The number of aliphatic imine (C=N–C) groups is 1. The number of nitrogens with zero attached hydrogens (tertiary/aromatic N) is 4. The molecular weight excluding hydrogens is 276 g/mol. The zero-order valence-electron chi connectivity index (χ0n) is 13.4. The van der Waals surface area contributed by atoms with Gasteiger partial charge in [-0.25, -0.2) is 0 Å². The Morgan fingerprint density at radius 3 is 3.05 bits per heavy atom. The van der Waals surface area contributed by atoms with E-state index in [4.69, 9.17) is 6.42 Å². The lowest BCUT2D eigenvalue weighted by atomic mass is 10.2. The number of guanidine groups is 1. The third kappa shape index (κ3) is 4.76. The van der Waals surface area contributed by atoms with Crippen LogP contribution in [0.1, 0.15) is 44.3 Å². The molecule has 2 N–H and O–H groups in total. The number of aryl methyl sites for hydroxylation is 2. The molecule has 0 aromatic carbocycles. The van der Waals surface area contributed by atoms with Gasteiger partial charge in [0.25, 0.3) is 0 Å². The highest BCUT2D eigenvalue weighted by Crippen LogP contribution is 2.15. The van der Waals surface area contributed by atoms with E-state index in [-0.39, 0.29) is 0 Å². The first-order chi connectivity index (χ1) is 10.8. The molecule has 2 rings (SSSR count). The normalized spacial score (nSPS) is 14.8.